The Labute approximate surface area is 133 Å². The van der Waals surface area contributed by atoms with Crippen LogP contribution in [0.4, 0.5) is 5.69 Å². The van der Waals surface area contributed by atoms with Gasteiger partial charge in [0.2, 0.25) is 0 Å². The first-order valence-corrected chi connectivity index (χ1v) is 8.16. The number of aryl methyl sites for hydroxylation is 2. The minimum atomic E-state index is -0.0527. The number of unbranched alkanes of at least 4 members (excludes halogenated alkanes) is 3. The van der Waals surface area contributed by atoms with Gasteiger partial charge in [-0.3, -0.25) is 4.79 Å². The van der Waals surface area contributed by atoms with Crippen LogP contribution in [0.25, 0.3) is 0 Å². The molecule has 0 aliphatic carbocycles. The number of amides is 1. The number of hydrogen-bond acceptors (Lipinski definition) is 1. The largest absolute Gasteiger partial charge is 0.322 e. The van der Waals surface area contributed by atoms with Crippen molar-refractivity contribution in [2.75, 3.05) is 5.32 Å². The summed E-state index contributed by atoms with van der Waals surface area (Å²) in [4.78, 5) is 12.2. The number of carbonyl (C=O) groups is 1. The summed E-state index contributed by atoms with van der Waals surface area (Å²) in [6.07, 6.45) is 6.17. The van der Waals surface area contributed by atoms with Crippen LogP contribution in [0.1, 0.15) is 54.1 Å². The highest BCUT2D eigenvalue weighted by atomic mass is 16.1. The fourth-order valence-electron chi connectivity index (χ4n) is 2.50. The van der Waals surface area contributed by atoms with Crippen LogP contribution in [-0.4, -0.2) is 5.91 Å². The van der Waals surface area contributed by atoms with Crippen LogP contribution in [0, 0.1) is 6.92 Å². The second-order valence-electron chi connectivity index (χ2n) is 5.83. The van der Waals surface area contributed by atoms with Gasteiger partial charge in [0.15, 0.2) is 0 Å². The van der Waals surface area contributed by atoms with Gasteiger partial charge in [0, 0.05) is 11.3 Å². The number of rotatable bonds is 7. The van der Waals surface area contributed by atoms with Crippen molar-refractivity contribution >= 4 is 11.6 Å². The van der Waals surface area contributed by atoms with Crippen LogP contribution < -0.4 is 5.32 Å². The molecule has 22 heavy (non-hydrogen) atoms. The van der Waals surface area contributed by atoms with Gasteiger partial charge in [-0.1, -0.05) is 50.5 Å². The third-order valence-electron chi connectivity index (χ3n) is 3.81. The zero-order chi connectivity index (χ0) is 15.8. The van der Waals surface area contributed by atoms with E-state index in [0.717, 1.165) is 17.7 Å². The molecule has 0 spiro atoms. The summed E-state index contributed by atoms with van der Waals surface area (Å²) in [5, 5.41) is 2.94. The van der Waals surface area contributed by atoms with E-state index in [1.54, 1.807) is 0 Å². The molecular formula is C20H25NO. The standard InChI is InChI=1S/C20H25NO/c1-3-4-5-6-9-17-11-13-18(14-12-17)20(22)21-19-10-7-8-16(2)15-19/h7-8,10-15H,3-6,9H2,1-2H3,(H,21,22). The summed E-state index contributed by atoms with van der Waals surface area (Å²) in [6.45, 7) is 4.24. The van der Waals surface area contributed by atoms with Crippen molar-refractivity contribution in [3.63, 3.8) is 0 Å². The average molecular weight is 295 g/mol. The Morgan fingerprint density at radius 1 is 1.00 bits per heavy atom. The second kappa shape index (κ2) is 8.38. The Morgan fingerprint density at radius 2 is 1.77 bits per heavy atom. The van der Waals surface area contributed by atoms with E-state index < -0.39 is 0 Å². The molecular weight excluding hydrogens is 270 g/mol. The van der Waals surface area contributed by atoms with E-state index in [2.05, 4.69) is 24.4 Å². The monoisotopic (exact) mass is 295 g/mol. The molecule has 0 fully saturated rings. The molecule has 2 rings (SSSR count). The van der Waals surface area contributed by atoms with Gasteiger partial charge in [-0.15, -0.1) is 0 Å². The molecule has 2 nitrogen and oxygen atoms in total. The predicted molar refractivity (Wildman–Crippen MR) is 93.4 cm³/mol. The van der Waals surface area contributed by atoms with Crippen molar-refractivity contribution in [1.82, 2.24) is 0 Å². The molecule has 2 heteroatoms. The van der Waals surface area contributed by atoms with Crippen molar-refractivity contribution < 1.29 is 4.79 Å². The van der Waals surface area contributed by atoms with Crippen molar-refractivity contribution in [3.8, 4) is 0 Å². The lowest BCUT2D eigenvalue weighted by Gasteiger charge is -2.07. The quantitative estimate of drug-likeness (QED) is 0.683. The number of nitrogens with one attached hydrogen (secondary N) is 1. The number of hydrogen-bond donors (Lipinski definition) is 1. The lowest BCUT2D eigenvalue weighted by atomic mass is 10.0. The molecule has 0 heterocycles. The zero-order valence-corrected chi connectivity index (χ0v) is 13.6. The highest BCUT2D eigenvalue weighted by Gasteiger charge is 2.06. The molecule has 0 aromatic heterocycles. The Morgan fingerprint density at radius 3 is 2.45 bits per heavy atom. The van der Waals surface area contributed by atoms with E-state index in [9.17, 15) is 4.79 Å². The van der Waals surface area contributed by atoms with E-state index in [1.165, 1.54) is 31.2 Å². The zero-order valence-electron chi connectivity index (χ0n) is 13.6. The van der Waals surface area contributed by atoms with Gasteiger partial charge in [0.25, 0.3) is 5.91 Å². The second-order valence-corrected chi connectivity index (χ2v) is 5.83. The fourth-order valence-corrected chi connectivity index (χ4v) is 2.50. The third kappa shape index (κ3) is 5.03. The summed E-state index contributed by atoms with van der Waals surface area (Å²) in [5.74, 6) is -0.0527. The van der Waals surface area contributed by atoms with Crippen LogP contribution in [0.15, 0.2) is 48.5 Å². The molecule has 1 amide bonds. The van der Waals surface area contributed by atoms with Crippen LogP contribution in [0.2, 0.25) is 0 Å². The molecule has 0 saturated heterocycles. The van der Waals surface area contributed by atoms with E-state index in [0.29, 0.717) is 5.56 Å². The maximum atomic E-state index is 12.2. The summed E-state index contributed by atoms with van der Waals surface area (Å²) < 4.78 is 0. The normalized spacial score (nSPS) is 10.5. The smallest absolute Gasteiger partial charge is 0.255 e. The van der Waals surface area contributed by atoms with Crippen LogP contribution in [0.5, 0.6) is 0 Å². The lowest BCUT2D eigenvalue weighted by Crippen LogP contribution is -2.11. The minimum absolute atomic E-state index is 0.0527. The van der Waals surface area contributed by atoms with Crippen LogP contribution in [-0.2, 0) is 6.42 Å². The molecule has 0 aliphatic rings. The lowest BCUT2D eigenvalue weighted by molar-refractivity contribution is 0.102. The molecule has 0 bridgehead atoms. The van der Waals surface area contributed by atoms with Gasteiger partial charge < -0.3 is 5.32 Å². The van der Waals surface area contributed by atoms with Crippen LogP contribution >= 0.6 is 0 Å². The molecule has 116 valence electrons. The van der Waals surface area contributed by atoms with Crippen molar-refractivity contribution in [3.05, 3.63) is 65.2 Å². The van der Waals surface area contributed by atoms with Crippen molar-refractivity contribution in [2.45, 2.75) is 46.0 Å². The highest BCUT2D eigenvalue weighted by molar-refractivity contribution is 6.04. The maximum absolute atomic E-state index is 12.2. The number of anilines is 1. The summed E-state index contributed by atoms with van der Waals surface area (Å²) >= 11 is 0. The topological polar surface area (TPSA) is 29.1 Å². The highest BCUT2D eigenvalue weighted by Crippen LogP contribution is 2.13. The SMILES string of the molecule is CCCCCCc1ccc(C(=O)Nc2cccc(C)c2)cc1. The Kier molecular flexibility index (Phi) is 6.20. The summed E-state index contributed by atoms with van der Waals surface area (Å²) in [5.41, 5.74) is 4.00. The van der Waals surface area contributed by atoms with Crippen molar-refractivity contribution in [1.29, 1.82) is 0 Å². The summed E-state index contributed by atoms with van der Waals surface area (Å²) in [6, 6.07) is 15.8. The number of benzene rings is 2. The van der Waals surface area contributed by atoms with Crippen LogP contribution in [0.3, 0.4) is 0 Å². The molecule has 0 radical (unpaired) electrons. The fraction of sp³-hybridized carbons (Fsp3) is 0.350. The molecule has 1 N–H and O–H groups in total. The Hall–Kier alpha value is -2.09. The predicted octanol–water partition coefficient (Wildman–Crippen LogP) is 5.37. The Balaban J connectivity index is 1.90. The van der Waals surface area contributed by atoms with Gasteiger partial charge in [0.05, 0.1) is 0 Å². The molecule has 2 aromatic rings. The van der Waals surface area contributed by atoms with Crippen molar-refractivity contribution in [2.24, 2.45) is 0 Å². The third-order valence-corrected chi connectivity index (χ3v) is 3.81. The molecule has 2 aromatic carbocycles. The summed E-state index contributed by atoms with van der Waals surface area (Å²) in [7, 11) is 0. The van der Waals surface area contributed by atoms with E-state index in [1.807, 2.05) is 43.3 Å². The first kappa shape index (κ1) is 16.3. The van der Waals surface area contributed by atoms with Gasteiger partial charge in [-0.25, -0.2) is 0 Å². The molecule has 0 unspecified atom stereocenters. The number of carbonyl (C=O) groups excluding carboxylic acids is 1. The van der Waals surface area contributed by atoms with Gasteiger partial charge >= 0.3 is 0 Å². The maximum Gasteiger partial charge on any atom is 0.255 e. The van der Waals surface area contributed by atoms with Gasteiger partial charge in [-0.2, -0.15) is 0 Å². The van der Waals surface area contributed by atoms with E-state index >= 15 is 0 Å². The van der Waals surface area contributed by atoms with E-state index in [4.69, 9.17) is 0 Å². The average Bonchev–Trinajstić information content (AvgIpc) is 2.52. The first-order valence-electron chi connectivity index (χ1n) is 8.16. The minimum Gasteiger partial charge on any atom is -0.322 e. The Bertz CT molecular complexity index is 601. The van der Waals surface area contributed by atoms with E-state index in [-0.39, 0.29) is 5.91 Å². The van der Waals surface area contributed by atoms with Gasteiger partial charge in [0.1, 0.15) is 0 Å². The molecule has 0 saturated carbocycles. The molecule has 0 aliphatic heterocycles. The van der Waals surface area contributed by atoms with Gasteiger partial charge in [-0.05, 0) is 55.2 Å². The first-order chi connectivity index (χ1) is 10.7. The molecule has 0 atom stereocenters.